The Hall–Kier alpha value is -3.98. The van der Waals surface area contributed by atoms with Gasteiger partial charge in [-0.3, -0.25) is 14.6 Å². The van der Waals surface area contributed by atoms with Gasteiger partial charge in [-0.25, -0.2) is 0 Å². The molecule has 2 aromatic carbocycles. The van der Waals surface area contributed by atoms with Crippen LogP contribution in [0.1, 0.15) is 32.0 Å². The summed E-state index contributed by atoms with van der Waals surface area (Å²) in [5.74, 6) is 1.09. The first kappa shape index (κ1) is 18.4. The molecule has 0 unspecified atom stereocenters. The van der Waals surface area contributed by atoms with Gasteiger partial charge in [0.25, 0.3) is 0 Å². The van der Waals surface area contributed by atoms with E-state index in [0.717, 1.165) is 11.1 Å². The highest BCUT2D eigenvalue weighted by Crippen LogP contribution is 2.36. The molecule has 2 heterocycles. The molecular weight excluding hydrogens is 368 g/mol. The highest BCUT2D eigenvalue weighted by molar-refractivity contribution is 5.96. The van der Waals surface area contributed by atoms with Crippen LogP contribution in [0.2, 0.25) is 0 Å². The fourth-order valence-electron chi connectivity index (χ4n) is 3.23. The van der Waals surface area contributed by atoms with Crippen molar-refractivity contribution in [3.05, 3.63) is 77.1 Å². The van der Waals surface area contributed by atoms with E-state index in [1.54, 1.807) is 12.1 Å². The predicted octanol–water partition coefficient (Wildman–Crippen LogP) is 3.63. The Morgan fingerprint density at radius 2 is 1.93 bits per heavy atom. The van der Waals surface area contributed by atoms with E-state index in [9.17, 15) is 14.9 Å². The van der Waals surface area contributed by atoms with Crippen molar-refractivity contribution in [1.29, 1.82) is 5.26 Å². The highest BCUT2D eigenvalue weighted by Gasteiger charge is 2.17. The molecule has 3 aromatic rings. The number of nitriles is 1. The summed E-state index contributed by atoms with van der Waals surface area (Å²) >= 11 is 0. The first-order chi connectivity index (χ1) is 14.2. The third-order valence-electron chi connectivity index (χ3n) is 4.67. The van der Waals surface area contributed by atoms with Gasteiger partial charge in [0.2, 0.25) is 0 Å². The third kappa shape index (κ3) is 3.71. The highest BCUT2D eigenvalue weighted by atomic mass is 16.6. The maximum Gasteiger partial charge on any atom is 0.185 e. The zero-order valence-electron chi connectivity index (χ0n) is 15.4. The lowest BCUT2D eigenvalue weighted by Gasteiger charge is -2.19. The van der Waals surface area contributed by atoms with Crippen LogP contribution >= 0.6 is 0 Å². The number of hydrogen-bond donors (Lipinski definition) is 0. The van der Waals surface area contributed by atoms with Crippen LogP contribution in [0.3, 0.4) is 0 Å². The quantitative estimate of drug-likeness (QED) is 0.493. The summed E-state index contributed by atoms with van der Waals surface area (Å²) in [7, 11) is 0. The van der Waals surface area contributed by atoms with E-state index < -0.39 is 0 Å². The smallest absolute Gasteiger partial charge is 0.185 e. The molecule has 0 aliphatic carbocycles. The van der Waals surface area contributed by atoms with Crippen LogP contribution in [0.25, 0.3) is 11.1 Å². The average molecular weight is 384 g/mol. The third-order valence-corrected chi connectivity index (χ3v) is 4.67. The topological polar surface area (TPSA) is 89.3 Å². The van der Waals surface area contributed by atoms with Gasteiger partial charge >= 0.3 is 0 Å². The number of carbonyl (C=O) groups is 2. The van der Waals surface area contributed by atoms with Crippen molar-refractivity contribution in [2.24, 2.45) is 0 Å². The van der Waals surface area contributed by atoms with Gasteiger partial charge in [0.05, 0.1) is 5.56 Å². The molecule has 0 fully saturated rings. The summed E-state index contributed by atoms with van der Waals surface area (Å²) in [4.78, 5) is 27.4. The van der Waals surface area contributed by atoms with Gasteiger partial charge in [-0.15, -0.1) is 0 Å². The van der Waals surface area contributed by atoms with E-state index in [1.165, 1.54) is 12.3 Å². The molecule has 1 aromatic heterocycles. The number of pyridine rings is 1. The molecule has 6 nitrogen and oxygen atoms in total. The second kappa shape index (κ2) is 7.95. The number of ketones is 1. The fraction of sp³-hybridized carbons (Fsp3) is 0.130. The summed E-state index contributed by atoms with van der Waals surface area (Å²) in [6.07, 6.45) is 2.07. The normalized spacial score (nSPS) is 12.1. The number of benzene rings is 2. The Morgan fingerprint density at radius 3 is 2.66 bits per heavy atom. The van der Waals surface area contributed by atoms with Crippen LogP contribution in [0.5, 0.6) is 11.5 Å². The van der Waals surface area contributed by atoms with Gasteiger partial charge in [-0.05, 0) is 41.0 Å². The minimum atomic E-state index is -0.224. The number of nitrogens with zero attached hydrogens (tertiary/aromatic N) is 2. The molecule has 4 rings (SSSR count). The molecule has 29 heavy (non-hydrogen) atoms. The summed E-state index contributed by atoms with van der Waals surface area (Å²) in [5.41, 5.74) is 3.24. The van der Waals surface area contributed by atoms with Crippen molar-refractivity contribution in [2.75, 3.05) is 13.2 Å². The second-order valence-corrected chi connectivity index (χ2v) is 6.50. The first-order valence-corrected chi connectivity index (χ1v) is 9.06. The van der Waals surface area contributed by atoms with E-state index >= 15 is 0 Å². The van der Waals surface area contributed by atoms with Gasteiger partial charge in [-0.1, -0.05) is 24.3 Å². The molecular formula is C23H16N2O4. The molecule has 0 saturated heterocycles. The van der Waals surface area contributed by atoms with Gasteiger partial charge in [0.1, 0.15) is 25.0 Å². The molecule has 6 heteroatoms. The molecule has 0 N–H and O–H groups in total. The van der Waals surface area contributed by atoms with E-state index in [2.05, 4.69) is 11.1 Å². The van der Waals surface area contributed by atoms with Gasteiger partial charge in [0, 0.05) is 18.2 Å². The van der Waals surface area contributed by atoms with Crippen LogP contribution in [-0.2, 0) is 6.42 Å². The lowest BCUT2D eigenvalue weighted by Crippen LogP contribution is -2.15. The van der Waals surface area contributed by atoms with E-state index in [0.29, 0.717) is 47.7 Å². The van der Waals surface area contributed by atoms with Crippen LogP contribution in [0.15, 0.2) is 54.7 Å². The molecule has 0 saturated carbocycles. The first-order valence-electron chi connectivity index (χ1n) is 9.06. The number of Topliss-reactive ketones (excluding diaryl/α,β-unsaturated/α-hetero) is 1. The van der Waals surface area contributed by atoms with Crippen LogP contribution in [0, 0.1) is 11.3 Å². The zero-order valence-corrected chi connectivity index (χ0v) is 15.4. The molecule has 0 radical (unpaired) electrons. The van der Waals surface area contributed by atoms with E-state index in [4.69, 9.17) is 9.47 Å². The molecule has 1 aliphatic rings. The molecule has 142 valence electrons. The Bertz CT molecular complexity index is 1130. The number of rotatable bonds is 5. The van der Waals surface area contributed by atoms with Crippen LogP contribution in [-0.4, -0.2) is 30.3 Å². The Balaban J connectivity index is 1.66. The predicted molar refractivity (Wildman–Crippen MR) is 105 cm³/mol. The number of ether oxygens (including phenoxy) is 2. The van der Waals surface area contributed by atoms with Gasteiger partial charge < -0.3 is 9.47 Å². The molecule has 0 amide bonds. The summed E-state index contributed by atoms with van der Waals surface area (Å²) in [5, 5.41) is 9.78. The molecule has 0 spiro atoms. The number of fused-ring (bicyclic) bond motifs is 1. The van der Waals surface area contributed by atoms with Crippen molar-refractivity contribution in [2.45, 2.75) is 6.42 Å². The van der Waals surface area contributed by atoms with E-state index in [1.807, 2.05) is 30.3 Å². The Morgan fingerprint density at radius 1 is 1.10 bits per heavy atom. The zero-order chi connectivity index (χ0) is 20.2. The maximum absolute atomic E-state index is 12.6. The Kier molecular flexibility index (Phi) is 5.04. The summed E-state index contributed by atoms with van der Waals surface area (Å²) in [6.45, 7) is 0.987. The second-order valence-electron chi connectivity index (χ2n) is 6.50. The van der Waals surface area contributed by atoms with Crippen molar-refractivity contribution in [3.63, 3.8) is 0 Å². The summed E-state index contributed by atoms with van der Waals surface area (Å²) < 4.78 is 11.2. The minimum Gasteiger partial charge on any atom is -0.486 e. The van der Waals surface area contributed by atoms with E-state index in [-0.39, 0.29) is 17.9 Å². The van der Waals surface area contributed by atoms with Crippen molar-refractivity contribution < 1.29 is 19.1 Å². The minimum absolute atomic E-state index is 0.0364. The number of hydrogen-bond acceptors (Lipinski definition) is 6. The number of carbonyl (C=O) groups excluding carboxylic acids is 2. The van der Waals surface area contributed by atoms with Gasteiger partial charge in [0.15, 0.2) is 23.6 Å². The standard InChI is InChI=1S/C23H16N2O4/c24-12-19-16(10-21(27)20-6-4-15(14-26)13-25-20)2-1-3-18(19)17-5-7-22-23(11-17)29-9-8-28-22/h1-7,11,13-14H,8-10H2. The molecule has 1 aliphatic heterocycles. The number of aromatic nitrogens is 1. The number of aldehydes is 1. The van der Waals surface area contributed by atoms with Gasteiger partial charge in [-0.2, -0.15) is 5.26 Å². The lowest BCUT2D eigenvalue weighted by atomic mass is 9.93. The Labute approximate surface area is 167 Å². The summed E-state index contributed by atoms with van der Waals surface area (Å²) in [6, 6.07) is 16.2. The monoisotopic (exact) mass is 384 g/mol. The van der Waals surface area contributed by atoms with Crippen LogP contribution in [0.4, 0.5) is 0 Å². The largest absolute Gasteiger partial charge is 0.486 e. The van der Waals surface area contributed by atoms with Crippen molar-refractivity contribution in [3.8, 4) is 28.7 Å². The average Bonchev–Trinajstić information content (AvgIpc) is 2.78. The SMILES string of the molecule is N#Cc1c(CC(=O)c2ccc(C=O)cn2)cccc1-c1ccc2c(c1)OCCO2. The fourth-order valence-corrected chi connectivity index (χ4v) is 3.23. The molecule has 0 atom stereocenters. The van der Waals surface area contributed by atoms with Crippen LogP contribution < -0.4 is 9.47 Å². The van der Waals surface area contributed by atoms with Crippen molar-refractivity contribution in [1.82, 2.24) is 4.98 Å². The molecule has 0 bridgehead atoms. The lowest BCUT2D eigenvalue weighted by molar-refractivity contribution is 0.0987. The maximum atomic E-state index is 12.6. The van der Waals surface area contributed by atoms with Crippen molar-refractivity contribution >= 4 is 12.1 Å².